The highest BCUT2D eigenvalue weighted by Gasteiger charge is 2.06. The van der Waals surface area contributed by atoms with Crippen molar-refractivity contribution in [3.05, 3.63) is 28.8 Å². The fraction of sp³-hybridized carbons (Fsp3) is 0.125. The van der Waals surface area contributed by atoms with Gasteiger partial charge in [0.1, 0.15) is 0 Å². The number of aliphatic carboxylic acids is 1. The fourth-order valence-electron chi connectivity index (χ4n) is 0.866. The number of rotatable bonds is 2. The van der Waals surface area contributed by atoms with Crippen molar-refractivity contribution in [1.29, 1.82) is 0 Å². The van der Waals surface area contributed by atoms with E-state index in [1.807, 2.05) is 0 Å². The molecule has 64 valence electrons. The Balaban J connectivity index is 3.00. The summed E-state index contributed by atoms with van der Waals surface area (Å²) in [7, 11) is 0. The Labute approximate surface area is 80.6 Å². The molecular weight excluding hydrogens is 196 g/mol. The zero-order valence-electron chi connectivity index (χ0n) is 6.12. The molecule has 1 aromatic carbocycles. The summed E-state index contributed by atoms with van der Waals surface area (Å²) in [5, 5.41) is 8.99. The molecular formula is C8H7ClO2S. The van der Waals surface area contributed by atoms with Crippen molar-refractivity contribution in [3.63, 3.8) is 0 Å². The SMILES string of the molecule is O=C(O)Cc1cccc(Cl)c1S. The quantitative estimate of drug-likeness (QED) is 0.722. The summed E-state index contributed by atoms with van der Waals surface area (Å²) in [5.41, 5.74) is 0.637. The van der Waals surface area contributed by atoms with Gasteiger partial charge in [0.05, 0.1) is 11.4 Å². The van der Waals surface area contributed by atoms with Crippen LogP contribution in [0.5, 0.6) is 0 Å². The van der Waals surface area contributed by atoms with Gasteiger partial charge in [0, 0.05) is 4.90 Å². The summed E-state index contributed by atoms with van der Waals surface area (Å²) >= 11 is 9.82. The van der Waals surface area contributed by atoms with Crippen molar-refractivity contribution in [2.45, 2.75) is 11.3 Å². The molecule has 1 aromatic rings. The van der Waals surface area contributed by atoms with Gasteiger partial charge in [-0.05, 0) is 11.6 Å². The minimum atomic E-state index is -0.882. The van der Waals surface area contributed by atoms with Gasteiger partial charge >= 0.3 is 5.97 Å². The second-order valence-corrected chi connectivity index (χ2v) is 3.17. The average Bonchev–Trinajstić information content (AvgIpc) is 1.98. The molecule has 0 bridgehead atoms. The minimum Gasteiger partial charge on any atom is -0.481 e. The van der Waals surface area contributed by atoms with E-state index in [-0.39, 0.29) is 6.42 Å². The molecule has 1 rings (SSSR count). The summed E-state index contributed by atoms with van der Waals surface area (Å²) in [6, 6.07) is 5.08. The molecule has 0 aliphatic heterocycles. The Hall–Kier alpha value is -0.670. The maximum absolute atomic E-state index is 10.4. The number of hydrogen-bond donors (Lipinski definition) is 2. The lowest BCUT2D eigenvalue weighted by Crippen LogP contribution is -2.00. The molecule has 0 saturated carbocycles. The van der Waals surface area contributed by atoms with Crippen molar-refractivity contribution in [2.75, 3.05) is 0 Å². The smallest absolute Gasteiger partial charge is 0.307 e. The lowest BCUT2D eigenvalue weighted by Gasteiger charge is -2.02. The Morgan fingerprint density at radius 1 is 1.58 bits per heavy atom. The van der Waals surface area contributed by atoms with E-state index < -0.39 is 5.97 Å². The van der Waals surface area contributed by atoms with Gasteiger partial charge in [-0.2, -0.15) is 0 Å². The first-order valence-electron chi connectivity index (χ1n) is 3.29. The third-order valence-corrected chi connectivity index (χ3v) is 2.39. The first-order valence-corrected chi connectivity index (χ1v) is 4.12. The maximum atomic E-state index is 10.4. The van der Waals surface area contributed by atoms with Crippen LogP contribution in [0.4, 0.5) is 0 Å². The molecule has 0 fully saturated rings. The minimum absolute atomic E-state index is 0.0423. The van der Waals surface area contributed by atoms with Crippen LogP contribution >= 0.6 is 24.2 Å². The van der Waals surface area contributed by atoms with Crippen LogP contribution in [-0.2, 0) is 11.2 Å². The van der Waals surface area contributed by atoms with Crippen LogP contribution in [0.15, 0.2) is 23.1 Å². The summed E-state index contributed by atoms with van der Waals surface area (Å²) in [6.45, 7) is 0. The summed E-state index contributed by atoms with van der Waals surface area (Å²) in [5.74, 6) is -0.882. The van der Waals surface area contributed by atoms with Gasteiger partial charge in [0.2, 0.25) is 0 Å². The Morgan fingerprint density at radius 2 is 2.25 bits per heavy atom. The summed E-state index contributed by atoms with van der Waals surface area (Å²) < 4.78 is 0. The van der Waals surface area contributed by atoms with E-state index >= 15 is 0 Å². The van der Waals surface area contributed by atoms with Crippen LogP contribution in [0.3, 0.4) is 0 Å². The molecule has 0 radical (unpaired) electrons. The van der Waals surface area contributed by atoms with Gasteiger partial charge in [0.25, 0.3) is 0 Å². The second kappa shape index (κ2) is 3.83. The standard InChI is InChI=1S/C8H7ClO2S/c9-6-3-1-2-5(8(6)12)4-7(10)11/h1-3,12H,4H2,(H,10,11). The van der Waals surface area contributed by atoms with Gasteiger partial charge in [-0.3, -0.25) is 4.79 Å². The van der Waals surface area contributed by atoms with Crippen molar-refractivity contribution < 1.29 is 9.90 Å². The number of thiol groups is 1. The molecule has 0 spiro atoms. The van der Waals surface area contributed by atoms with E-state index in [9.17, 15) is 4.79 Å². The highest BCUT2D eigenvalue weighted by Crippen LogP contribution is 2.23. The third kappa shape index (κ3) is 2.16. The van der Waals surface area contributed by atoms with Crippen LogP contribution in [0.2, 0.25) is 5.02 Å². The van der Waals surface area contributed by atoms with E-state index in [1.54, 1.807) is 18.2 Å². The molecule has 1 N–H and O–H groups in total. The van der Waals surface area contributed by atoms with Gasteiger partial charge in [0.15, 0.2) is 0 Å². The van der Waals surface area contributed by atoms with Crippen LogP contribution in [-0.4, -0.2) is 11.1 Å². The van der Waals surface area contributed by atoms with E-state index in [2.05, 4.69) is 12.6 Å². The third-order valence-electron chi connectivity index (χ3n) is 1.41. The maximum Gasteiger partial charge on any atom is 0.307 e. The number of benzene rings is 1. The molecule has 4 heteroatoms. The van der Waals surface area contributed by atoms with Gasteiger partial charge in [-0.25, -0.2) is 0 Å². The van der Waals surface area contributed by atoms with Gasteiger partial charge in [-0.15, -0.1) is 12.6 Å². The van der Waals surface area contributed by atoms with Crippen LogP contribution < -0.4 is 0 Å². The molecule has 0 heterocycles. The first-order chi connectivity index (χ1) is 5.61. The summed E-state index contributed by atoms with van der Waals surface area (Å²) in [4.78, 5) is 10.9. The number of halogens is 1. The second-order valence-electron chi connectivity index (χ2n) is 2.32. The molecule has 0 saturated heterocycles. The predicted octanol–water partition coefficient (Wildman–Crippen LogP) is 2.26. The van der Waals surface area contributed by atoms with Crippen molar-refractivity contribution in [3.8, 4) is 0 Å². The van der Waals surface area contributed by atoms with Crippen molar-refractivity contribution in [1.82, 2.24) is 0 Å². The Bertz CT molecular complexity index is 312. The molecule has 0 amide bonds. The van der Waals surface area contributed by atoms with Crippen molar-refractivity contribution in [2.24, 2.45) is 0 Å². The Morgan fingerprint density at radius 3 is 2.83 bits per heavy atom. The van der Waals surface area contributed by atoms with Gasteiger partial charge in [-0.1, -0.05) is 23.7 Å². The number of carboxylic acid groups (broad SMARTS) is 1. The van der Waals surface area contributed by atoms with Gasteiger partial charge < -0.3 is 5.11 Å². The van der Waals surface area contributed by atoms with Crippen LogP contribution in [0.1, 0.15) is 5.56 Å². The molecule has 0 aliphatic carbocycles. The van der Waals surface area contributed by atoms with Crippen molar-refractivity contribution >= 4 is 30.2 Å². The molecule has 2 nitrogen and oxygen atoms in total. The van der Waals surface area contributed by atoms with Crippen LogP contribution in [0, 0.1) is 0 Å². The van der Waals surface area contributed by atoms with Crippen LogP contribution in [0.25, 0.3) is 0 Å². The molecule has 12 heavy (non-hydrogen) atoms. The fourth-order valence-corrected chi connectivity index (χ4v) is 1.29. The first kappa shape index (κ1) is 9.42. The van der Waals surface area contributed by atoms with E-state index in [0.29, 0.717) is 15.5 Å². The number of carbonyl (C=O) groups is 1. The molecule has 0 aliphatic rings. The number of carboxylic acids is 1. The molecule has 0 unspecified atom stereocenters. The lowest BCUT2D eigenvalue weighted by atomic mass is 10.1. The number of hydrogen-bond acceptors (Lipinski definition) is 2. The molecule has 0 aromatic heterocycles. The van der Waals surface area contributed by atoms with E-state index in [1.165, 1.54) is 0 Å². The topological polar surface area (TPSA) is 37.3 Å². The highest BCUT2D eigenvalue weighted by molar-refractivity contribution is 7.80. The Kier molecular flexibility index (Phi) is 3.00. The monoisotopic (exact) mass is 202 g/mol. The predicted molar refractivity (Wildman–Crippen MR) is 50.0 cm³/mol. The largest absolute Gasteiger partial charge is 0.481 e. The lowest BCUT2D eigenvalue weighted by molar-refractivity contribution is -0.136. The average molecular weight is 203 g/mol. The normalized spacial score (nSPS) is 9.83. The van der Waals surface area contributed by atoms with E-state index in [0.717, 1.165) is 0 Å². The zero-order chi connectivity index (χ0) is 9.14. The zero-order valence-corrected chi connectivity index (χ0v) is 7.77. The van der Waals surface area contributed by atoms with E-state index in [4.69, 9.17) is 16.7 Å². The summed E-state index contributed by atoms with van der Waals surface area (Å²) in [6.07, 6.45) is -0.0423. The highest BCUT2D eigenvalue weighted by atomic mass is 35.5. The molecule has 0 atom stereocenters.